The molecule has 7 nitrogen and oxygen atoms in total. The van der Waals surface area contributed by atoms with Gasteiger partial charge in [-0.3, -0.25) is 9.59 Å². The van der Waals surface area contributed by atoms with Gasteiger partial charge in [0.25, 0.3) is 11.8 Å². The lowest BCUT2D eigenvalue weighted by Crippen LogP contribution is -2.29. The maximum absolute atomic E-state index is 12.1. The van der Waals surface area contributed by atoms with E-state index >= 15 is 0 Å². The number of benzene rings is 1. The fourth-order valence-electron chi connectivity index (χ4n) is 2.01. The van der Waals surface area contributed by atoms with Crippen molar-refractivity contribution in [2.24, 2.45) is 5.73 Å². The maximum Gasteiger partial charge on any atom is 0.387 e. The number of hydrogen-bond donors (Lipinski definition) is 2. The molecule has 0 aliphatic heterocycles. The lowest BCUT2D eigenvalue weighted by molar-refractivity contribution is -0.148. The van der Waals surface area contributed by atoms with Gasteiger partial charge >= 0.3 is 12.6 Å². The molecule has 0 saturated carbocycles. The van der Waals surface area contributed by atoms with E-state index in [4.69, 9.17) is 10.5 Å². The number of nitrogens with one attached hydrogen (secondary N) is 1. The molecule has 0 bridgehead atoms. The highest BCUT2D eigenvalue weighted by molar-refractivity contribution is 7.14. The normalized spacial score (nSPS) is 12.0. The number of halogens is 2. The quantitative estimate of drug-likeness (QED) is 0.514. The van der Waals surface area contributed by atoms with Gasteiger partial charge in [-0.25, -0.2) is 4.79 Å². The van der Waals surface area contributed by atoms with E-state index in [1.165, 1.54) is 43.3 Å². The number of alkyl halides is 2. The molecule has 28 heavy (non-hydrogen) atoms. The topological polar surface area (TPSA) is 108 Å². The number of thiophene rings is 1. The largest absolute Gasteiger partial charge is 0.449 e. The van der Waals surface area contributed by atoms with Crippen LogP contribution < -0.4 is 15.8 Å². The number of rotatable bonds is 8. The number of esters is 1. The van der Waals surface area contributed by atoms with Crippen molar-refractivity contribution in [3.8, 4) is 5.75 Å². The third-order valence-electron chi connectivity index (χ3n) is 3.35. The van der Waals surface area contributed by atoms with Crippen molar-refractivity contribution in [2.75, 3.05) is 5.32 Å². The van der Waals surface area contributed by atoms with Crippen LogP contribution in [-0.4, -0.2) is 30.5 Å². The Balaban J connectivity index is 1.89. The van der Waals surface area contributed by atoms with Crippen molar-refractivity contribution >= 4 is 40.2 Å². The minimum absolute atomic E-state index is 0.0103. The van der Waals surface area contributed by atoms with Gasteiger partial charge in [-0.05, 0) is 42.1 Å². The predicted molar refractivity (Wildman–Crippen MR) is 99.1 cm³/mol. The van der Waals surface area contributed by atoms with E-state index in [2.05, 4.69) is 10.1 Å². The van der Waals surface area contributed by atoms with Crippen LogP contribution in [0.2, 0.25) is 0 Å². The van der Waals surface area contributed by atoms with Crippen molar-refractivity contribution in [3.63, 3.8) is 0 Å². The molecule has 1 heterocycles. The summed E-state index contributed by atoms with van der Waals surface area (Å²) in [6.07, 6.45) is 1.36. The van der Waals surface area contributed by atoms with Gasteiger partial charge in [0.15, 0.2) is 6.10 Å². The molecule has 0 aliphatic rings. The van der Waals surface area contributed by atoms with Gasteiger partial charge in [0.05, 0.1) is 5.56 Å². The summed E-state index contributed by atoms with van der Waals surface area (Å²) in [6.45, 7) is -1.55. The summed E-state index contributed by atoms with van der Waals surface area (Å²) in [5.41, 5.74) is 5.90. The standard InChI is InChI=1S/C18H16F2N2O5S/c1-10(16(25)22-17-13(15(21)24)8-9-28-17)26-14(23)7-4-11-2-5-12(6-3-11)27-18(19)20/h2-10,18H,1H3,(H2,21,24)(H,22,25)/b7-4+/t10-/m0/s1. The molecule has 0 unspecified atom stereocenters. The molecule has 0 aliphatic carbocycles. The number of primary amides is 1. The lowest BCUT2D eigenvalue weighted by Gasteiger charge is -2.12. The Bertz CT molecular complexity index is 880. The predicted octanol–water partition coefficient (Wildman–Crippen LogP) is 3.03. The first-order chi connectivity index (χ1) is 13.3. The molecule has 1 aromatic carbocycles. The first kappa shape index (κ1) is 21.0. The Morgan fingerprint density at radius 2 is 1.86 bits per heavy atom. The fourth-order valence-corrected chi connectivity index (χ4v) is 2.80. The van der Waals surface area contributed by atoms with E-state index in [1.807, 2.05) is 0 Å². The summed E-state index contributed by atoms with van der Waals surface area (Å²) in [5.74, 6) is -2.10. The molecule has 2 aromatic rings. The van der Waals surface area contributed by atoms with Crippen LogP contribution in [-0.2, 0) is 14.3 Å². The molecule has 148 valence electrons. The molecular formula is C18H16F2N2O5S. The minimum atomic E-state index is -2.92. The van der Waals surface area contributed by atoms with E-state index in [0.717, 1.165) is 17.4 Å². The van der Waals surface area contributed by atoms with Crippen LogP contribution in [0.5, 0.6) is 5.75 Å². The molecule has 1 aromatic heterocycles. The van der Waals surface area contributed by atoms with Gasteiger partial charge in [-0.15, -0.1) is 11.3 Å². The molecule has 0 radical (unpaired) electrons. The van der Waals surface area contributed by atoms with Crippen LogP contribution in [0, 0.1) is 0 Å². The van der Waals surface area contributed by atoms with E-state index < -0.39 is 30.5 Å². The molecule has 0 saturated heterocycles. The Kier molecular flexibility index (Phi) is 7.21. The molecule has 1 atom stereocenters. The highest BCUT2D eigenvalue weighted by Crippen LogP contribution is 2.23. The SMILES string of the molecule is C[C@H](OC(=O)/C=C/c1ccc(OC(F)F)cc1)C(=O)Nc1sccc1C(N)=O. The number of carbonyl (C=O) groups excluding carboxylic acids is 3. The zero-order valence-corrected chi connectivity index (χ0v) is 15.4. The molecule has 0 spiro atoms. The molecular weight excluding hydrogens is 394 g/mol. The molecule has 2 amide bonds. The second kappa shape index (κ2) is 9.60. The first-order valence-electron chi connectivity index (χ1n) is 7.88. The van der Waals surface area contributed by atoms with Gasteiger partial charge in [0, 0.05) is 6.08 Å². The van der Waals surface area contributed by atoms with Crippen LogP contribution in [0.25, 0.3) is 6.08 Å². The summed E-state index contributed by atoms with van der Waals surface area (Å²) in [7, 11) is 0. The Hall–Kier alpha value is -3.27. The van der Waals surface area contributed by atoms with Crippen molar-refractivity contribution in [2.45, 2.75) is 19.6 Å². The van der Waals surface area contributed by atoms with E-state index in [1.54, 1.807) is 5.38 Å². The monoisotopic (exact) mass is 410 g/mol. The second-order valence-electron chi connectivity index (χ2n) is 5.38. The van der Waals surface area contributed by atoms with Gasteiger partial charge < -0.3 is 20.5 Å². The smallest absolute Gasteiger partial charge is 0.387 e. The van der Waals surface area contributed by atoms with E-state index in [-0.39, 0.29) is 16.3 Å². The van der Waals surface area contributed by atoms with Crippen LogP contribution in [0.1, 0.15) is 22.8 Å². The number of carbonyl (C=O) groups is 3. The highest BCUT2D eigenvalue weighted by atomic mass is 32.1. The van der Waals surface area contributed by atoms with Gasteiger partial charge in [0.1, 0.15) is 10.8 Å². The van der Waals surface area contributed by atoms with Crippen LogP contribution >= 0.6 is 11.3 Å². The number of hydrogen-bond acceptors (Lipinski definition) is 6. The van der Waals surface area contributed by atoms with Crippen LogP contribution in [0.15, 0.2) is 41.8 Å². The first-order valence-corrected chi connectivity index (χ1v) is 8.76. The van der Waals surface area contributed by atoms with Crippen molar-refractivity contribution in [1.82, 2.24) is 0 Å². The van der Waals surface area contributed by atoms with Gasteiger partial charge in [-0.1, -0.05) is 12.1 Å². The lowest BCUT2D eigenvalue weighted by atomic mass is 10.2. The van der Waals surface area contributed by atoms with Crippen LogP contribution in [0.3, 0.4) is 0 Å². The maximum atomic E-state index is 12.1. The van der Waals surface area contributed by atoms with Crippen molar-refractivity contribution < 1.29 is 32.6 Å². The van der Waals surface area contributed by atoms with E-state index in [9.17, 15) is 23.2 Å². The molecule has 0 fully saturated rings. The number of nitrogens with two attached hydrogens (primary N) is 1. The van der Waals surface area contributed by atoms with Crippen molar-refractivity contribution in [3.05, 3.63) is 52.9 Å². The van der Waals surface area contributed by atoms with Gasteiger partial charge in [0.2, 0.25) is 0 Å². The zero-order chi connectivity index (χ0) is 20.7. The molecule has 10 heteroatoms. The Morgan fingerprint density at radius 3 is 2.46 bits per heavy atom. The summed E-state index contributed by atoms with van der Waals surface area (Å²) >= 11 is 1.11. The Morgan fingerprint density at radius 1 is 1.18 bits per heavy atom. The van der Waals surface area contributed by atoms with Crippen LogP contribution in [0.4, 0.5) is 13.8 Å². The summed E-state index contributed by atoms with van der Waals surface area (Å²) in [4.78, 5) is 35.2. The van der Waals surface area contributed by atoms with E-state index in [0.29, 0.717) is 5.56 Å². The van der Waals surface area contributed by atoms with Gasteiger partial charge in [-0.2, -0.15) is 8.78 Å². The second-order valence-corrected chi connectivity index (χ2v) is 6.29. The number of amides is 2. The highest BCUT2D eigenvalue weighted by Gasteiger charge is 2.19. The third-order valence-corrected chi connectivity index (χ3v) is 4.18. The number of ether oxygens (including phenoxy) is 2. The molecule has 3 N–H and O–H groups in total. The average Bonchev–Trinajstić information content (AvgIpc) is 3.09. The fraction of sp³-hybridized carbons (Fsp3) is 0.167. The summed E-state index contributed by atoms with van der Waals surface area (Å²) < 4.78 is 33.4. The molecule has 2 rings (SSSR count). The third kappa shape index (κ3) is 6.16. The summed E-state index contributed by atoms with van der Waals surface area (Å²) in [5, 5.41) is 4.33. The zero-order valence-electron chi connectivity index (χ0n) is 14.6. The summed E-state index contributed by atoms with van der Waals surface area (Å²) in [6, 6.07) is 7.06. The minimum Gasteiger partial charge on any atom is -0.449 e. The average molecular weight is 410 g/mol. The van der Waals surface area contributed by atoms with Crippen molar-refractivity contribution in [1.29, 1.82) is 0 Å². The number of anilines is 1. The Labute approximate surface area is 162 Å².